The van der Waals surface area contributed by atoms with Crippen LogP contribution in [-0.4, -0.2) is 42.2 Å². The molecule has 0 N–H and O–H groups in total. The van der Waals surface area contributed by atoms with Gasteiger partial charge in [-0.2, -0.15) is 0 Å². The first-order valence-electron chi connectivity index (χ1n) is 10.2. The fraction of sp³-hybridized carbons (Fsp3) is 0.0833. The van der Waals surface area contributed by atoms with E-state index in [9.17, 15) is 29.3 Å². The Balaban J connectivity index is 1.56. The van der Waals surface area contributed by atoms with Crippen LogP contribution in [0.3, 0.4) is 0 Å². The first-order chi connectivity index (χ1) is 17.5. The second kappa shape index (κ2) is 10.2. The lowest BCUT2D eigenvalue weighted by atomic mass is 10.1. The average molecular weight is 564 g/mol. The summed E-state index contributed by atoms with van der Waals surface area (Å²) in [7, 11) is 1.24. The Hall–Kier alpha value is -3.99. The molecule has 0 bridgehead atoms. The molecule has 0 aliphatic carbocycles. The van der Waals surface area contributed by atoms with Crippen LogP contribution >= 0.6 is 34.8 Å². The average Bonchev–Trinajstić information content (AvgIpc) is 3.11. The van der Waals surface area contributed by atoms with Crippen molar-refractivity contribution in [3.05, 3.63) is 96.0 Å². The van der Waals surface area contributed by atoms with Crippen molar-refractivity contribution >= 4 is 69.7 Å². The number of esters is 1. The Bertz CT molecular complexity index is 1460. The van der Waals surface area contributed by atoms with Gasteiger partial charge in [0.2, 0.25) is 0 Å². The van der Waals surface area contributed by atoms with Crippen LogP contribution in [0.1, 0.15) is 41.4 Å². The summed E-state index contributed by atoms with van der Waals surface area (Å²) in [5.74, 6) is -3.06. The lowest BCUT2D eigenvalue weighted by Crippen LogP contribution is -2.29. The smallest absolute Gasteiger partial charge is 0.342 e. The maximum absolute atomic E-state index is 12.9. The van der Waals surface area contributed by atoms with E-state index in [0.29, 0.717) is 0 Å². The molecule has 37 heavy (non-hydrogen) atoms. The number of hydrogen-bond donors (Lipinski definition) is 0. The zero-order valence-corrected chi connectivity index (χ0v) is 20.9. The van der Waals surface area contributed by atoms with Gasteiger partial charge in [0.1, 0.15) is 11.3 Å². The summed E-state index contributed by atoms with van der Waals surface area (Å²) in [4.78, 5) is 61.9. The Morgan fingerprint density at radius 1 is 0.919 bits per heavy atom. The molecule has 0 unspecified atom stereocenters. The molecule has 3 aromatic rings. The first-order valence-corrected chi connectivity index (χ1v) is 11.4. The minimum Gasteiger partial charge on any atom is -0.496 e. The lowest BCUT2D eigenvalue weighted by molar-refractivity contribution is -0.384. The number of carbonyl (C=O) groups excluding carboxylic acids is 4. The maximum atomic E-state index is 12.9. The van der Waals surface area contributed by atoms with E-state index in [1.165, 1.54) is 37.4 Å². The number of nitro benzene ring substituents is 1. The van der Waals surface area contributed by atoms with Crippen molar-refractivity contribution in [2.24, 2.45) is 0 Å². The molecule has 2 amide bonds. The summed E-state index contributed by atoms with van der Waals surface area (Å²) in [6, 6.07) is 9.68. The highest BCUT2D eigenvalue weighted by Gasteiger charge is 2.39. The number of Topliss-reactive ketones (excluding diaryl/α,β-unsaturated/α-hetero) is 1. The number of methoxy groups -OCH3 is 1. The number of nitrogens with zero attached hydrogens (tertiary/aromatic N) is 2. The number of non-ortho nitro benzene ring substituents is 1. The number of carbonyl (C=O) groups is 4. The van der Waals surface area contributed by atoms with Crippen LogP contribution in [0.5, 0.6) is 5.75 Å². The third-order valence-electron chi connectivity index (χ3n) is 5.39. The summed E-state index contributed by atoms with van der Waals surface area (Å²) in [6.45, 7) is -0.668. The number of imide groups is 1. The standard InChI is InChI=1S/C24H13Cl3N2O8/c1-36-21-9-19(28-22(31)13-6-16(25)17(26)7-14(13)23(28)32)18(27)8-15(21)24(33)37-10-20(30)11-2-4-12(5-3-11)29(34)35/h2-9H,10H2,1H3. The fourth-order valence-corrected chi connectivity index (χ4v) is 4.13. The van der Waals surface area contributed by atoms with E-state index in [4.69, 9.17) is 44.3 Å². The van der Waals surface area contributed by atoms with Gasteiger partial charge in [0.15, 0.2) is 12.4 Å². The highest BCUT2D eigenvalue weighted by molar-refractivity contribution is 6.45. The van der Waals surface area contributed by atoms with Crippen LogP contribution < -0.4 is 9.64 Å². The predicted molar refractivity (Wildman–Crippen MR) is 133 cm³/mol. The van der Waals surface area contributed by atoms with Crippen molar-refractivity contribution in [3.8, 4) is 5.75 Å². The van der Waals surface area contributed by atoms with E-state index in [1.807, 2.05) is 0 Å². The molecule has 4 rings (SSSR count). The number of hydrogen-bond acceptors (Lipinski definition) is 8. The summed E-state index contributed by atoms with van der Waals surface area (Å²) in [5.41, 5.74) is -0.266. The molecule has 0 saturated carbocycles. The highest BCUT2D eigenvalue weighted by atomic mass is 35.5. The molecule has 1 aliphatic heterocycles. The largest absolute Gasteiger partial charge is 0.496 e. The second-order valence-electron chi connectivity index (χ2n) is 7.56. The van der Waals surface area contributed by atoms with Crippen LogP contribution in [-0.2, 0) is 4.74 Å². The summed E-state index contributed by atoms with van der Waals surface area (Å²) in [5, 5.41) is 10.8. The number of halogens is 3. The quantitative estimate of drug-likeness (QED) is 0.123. The summed E-state index contributed by atoms with van der Waals surface area (Å²) in [6.07, 6.45) is 0. The van der Waals surface area contributed by atoms with Gasteiger partial charge in [0, 0.05) is 23.8 Å². The SMILES string of the molecule is COc1cc(N2C(=O)c3cc(Cl)c(Cl)cc3C2=O)c(Cl)cc1C(=O)OCC(=O)c1ccc([N+](=O)[O-])cc1. The summed E-state index contributed by atoms with van der Waals surface area (Å²) >= 11 is 18.3. The number of anilines is 1. The molecule has 188 valence electrons. The van der Waals surface area contributed by atoms with Crippen molar-refractivity contribution in [1.82, 2.24) is 0 Å². The Labute approximate surface area is 223 Å². The number of amides is 2. The number of ether oxygens (including phenoxy) is 2. The van der Waals surface area contributed by atoms with Gasteiger partial charge in [0.05, 0.1) is 43.9 Å². The second-order valence-corrected chi connectivity index (χ2v) is 8.79. The van der Waals surface area contributed by atoms with Crippen molar-refractivity contribution in [1.29, 1.82) is 0 Å². The maximum Gasteiger partial charge on any atom is 0.342 e. The third-order valence-corrected chi connectivity index (χ3v) is 6.42. The molecule has 13 heteroatoms. The molecular weight excluding hydrogens is 551 g/mol. The predicted octanol–water partition coefficient (Wildman–Crippen LogP) is 5.40. The van der Waals surface area contributed by atoms with Gasteiger partial charge in [-0.05, 0) is 30.3 Å². The van der Waals surface area contributed by atoms with Crippen molar-refractivity contribution in [3.63, 3.8) is 0 Å². The zero-order chi connectivity index (χ0) is 27.0. The van der Waals surface area contributed by atoms with Crippen molar-refractivity contribution < 1.29 is 33.6 Å². The van der Waals surface area contributed by atoms with Gasteiger partial charge < -0.3 is 9.47 Å². The van der Waals surface area contributed by atoms with Crippen molar-refractivity contribution in [2.45, 2.75) is 0 Å². The molecule has 0 radical (unpaired) electrons. The van der Waals surface area contributed by atoms with Crippen LogP contribution in [0.15, 0.2) is 48.5 Å². The number of benzene rings is 3. The minimum absolute atomic E-state index is 0.0303. The molecule has 0 saturated heterocycles. The molecule has 0 fully saturated rings. The number of fused-ring (bicyclic) bond motifs is 1. The van der Waals surface area contributed by atoms with Gasteiger partial charge in [-0.1, -0.05) is 34.8 Å². The molecule has 3 aromatic carbocycles. The van der Waals surface area contributed by atoms with E-state index in [-0.39, 0.29) is 54.4 Å². The van der Waals surface area contributed by atoms with E-state index >= 15 is 0 Å². The Morgan fingerprint density at radius 2 is 1.49 bits per heavy atom. The molecular formula is C24H13Cl3N2O8. The highest BCUT2D eigenvalue weighted by Crippen LogP contribution is 2.39. The van der Waals surface area contributed by atoms with Gasteiger partial charge in [-0.15, -0.1) is 0 Å². The van der Waals surface area contributed by atoms with Crippen LogP contribution in [0.25, 0.3) is 0 Å². The number of rotatable bonds is 7. The van der Waals surface area contributed by atoms with E-state index in [2.05, 4.69) is 0 Å². The van der Waals surface area contributed by atoms with Crippen LogP contribution in [0.2, 0.25) is 15.1 Å². The van der Waals surface area contributed by atoms with Gasteiger partial charge >= 0.3 is 5.97 Å². The molecule has 1 heterocycles. The van der Waals surface area contributed by atoms with Crippen LogP contribution in [0.4, 0.5) is 11.4 Å². The minimum atomic E-state index is -0.971. The molecule has 1 aliphatic rings. The number of nitro groups is 1. The van der Waals surface area contributed by atoms with E-state index in [0.717, 1.165) is 23.1 Å². The number of ketones is 1. The zero-order valence-electron chi connectivity index (χ0n) is 18.6. The topological polar surface area (TPSA) is 133 Å². The van der Waals surface area contributed by atoms with Gasteiger partial charge in [-0.3, -0.25) is 24.5 Å². The normalized spacial score (nSPS) is 12.4. The van der Waals surface area contributed by atoms with Crippen molar-refractivity contribution in [2.75, 3.05) is 18.6 Å². The van der Waals surface area contributed by atoms with Gasteiger partial charge in [-0.25, -0.2) is 9.69 Å². The molecule has 0 aromatic heterocycles. The molecule has 0 spiro atoms. The monoisotopic (exact) mass is 562 g/mol. The fourth-order valence-electron chi connectivity index (χ4n) is 3.56. The molecule has 0 atom stereocenters. The summed E-state index contributed by atoms with van der Waals surface area (Å²) < 4.78 is 10.3. The van der Waals surface area contributed by atoms with Crippen LogP contribution in [0, 0.1) is 10.1 Å². The lowest BCUT2D eigenvalue weighted by Gasteiger charge is -2.18. The Kier molecular flexibility index (Phi) is 7.17. The van der Waals surface area contributed by atoms with E-state index in [1.54, 1.807) is 0 Å². The van der Waals surface area contributed by atoms with Gasteiger partial charge in [0.25, 0.3) is 17.5 Å². The third kappa shape index (κ3) is 4.86. The first kappa shape index (κ1) is 26.1. The van der Waals surface area contributed by atoms with E-state index < -0.39 is 35.1 Å². The molecule has 10 nitrogen and oxygen atoms in total. The Morgan fingerprint density at radius 3 is 2.00 bits per heavy atom.